The Morgan fingerprint density at radius 1 is 1.31 bits per heavy atom. The van der Waals surface area contributed by atoms with Gasteiger partial charge in [-0.25, -0.2) is 19.6 Å². The third-order valence-corrected chi connectivity index (χ3v) is 5.42. The van der Waals surface area contributed by atoms with Crippen LogP contribution in [0.2, 0.25) is 0 Å². The lowest BCUT2D eigenvalue weighted by atomic mass is 10.2. The molecule has 0 saturated carbocycles. The van der Waals surface area contributed by atoms with E-state index in [2.05, 4.69) is 30.2 Å². The first kappa shape index (κ1) is 17.4. The molecule has 3 aromatic heterocycles. The van der Waals surface area contributed by atoms with Crippen molar-refractivity contribution >= 4 is 40.5 Å². The zero-order valence-corrected chi connectivity index (χ0v) is 16.0. The number of methoxy groups -OCH3 is 1. The fourth-order valence-corrected chi connectivity index (χ4v) is 3.94. The lowest BCUT2D eigenvalue weighted by molar-refractivity contribution is 0.0594. The van der Waals surface area contributed by atoms with Crippen LogP contribution in [-0.2, 0) is 4.74 Å². The lowest BCUT2D eigenvalue weighted by Gasteiger charge is -2.35. The van der Waals surface area contributed by atoms with E-state index >= 15 is 0 Å². The van der Waals surface area contributed by atoms with Gasteiger partial charge in [-0.05, 0) is 31.0 Å². The standard InChI is InChI=1S/C19H19N7O3/c1-10-7-20-15-12(10)8-21-18(23-15)24-19(28)26-11-5-6-25(9-11)14-4-3-13(17(27)29-2)22-16(14)26/h3-4,7-8,11H,5-6,9H2,1-2H3,(H2,20,21,23,24,28). The smallest absolute Gasteiger partial charge is 0.356 e. The Morgan fingerprint density at radius 2 is 2.17 bits per heavy atom. The summed E-state index contributed by atoms with van der Waals surface area (Å²) in [5.74, 6) is 0.100. The molecule has 1 unspecified atom stereocenters. The van der Waals surface area contributed by atoms with Crippen molar-refractivity contribution in [2.45, 2.75) is 19.4 Å². The Morgan fingerprint density at radius 3 is 3.00 bits per heavy atom. The highest BCUT2D eigenvalue weighted by molar-refractivity contribution is 6.04. The Hall–Kier alpha value is -3.69. The van der Waals surface area contributed by atoms with Gasteiger partial charge in [0.2, 0.25) is 5.95 Å². The van der Waals surface area contributed by atoms with Crippen LogP contribution < -0.4 is 15.1 Å². The predicted molar refractivity (Wildman–Crippen MR) is 106 cm³/mol. The summed E-state index contributed by atoms with van der Waals surface area (Å²) in [6.07, 6.45) is 4.34. The number of hydrogen-bond acceptors (Lipinski definition) is 7. The molecule has 0 spiro atoms. The minimum atomic E-state index is -0.544. The first-order valence-electron chi connectivity index (χ1n) is 9.30. The number of aryl methyl sites for hydroxylation is 1. The van der Waals surface area contributed by atoms with Crippen molar-refractivity contribution in [3.05, 3.63) is 35.8 Å². The Bertz CT molecular complexity index is 1140. The number of esters is 1. The summed E-state index contributed by atoms with van der Waals surface area (Å²) >= 11 is 0. The van der Waals surface area contributed by atoms with Crippen LogP contribution in [0.1, 0.15) is 22.5 Å². The number of fused-ring (bicyclic) bond motifs is 5. The van der Waals surface area contributed by atoms with E-state index in [4.69, 9.17) is 4.74 Å². The van der Waals surface area contributed by atoms with Crippen LogP contribution in [0.4, 0.5) is 22.2 Å². The molecule has 1 atom stereocenters. The number of urea groups is 1. The van der Waals surface area contributed by atoms with Gasteiger partial charge < -0.3 is 14.6 Å². The highest BCUT2D eigenvalue weighted by Gasteiger charge is 2.40. The van der Waals surface area contributed by atoms with Crippen LogP contribution in [0.5, 0.6) is 0 Å². The predicted octanol–water partition coefficient (Wildman–Crippen LogP) is 2.08. The molecule has 2 amide bonds. The molecular weight excluding hydrogens is 374 g/mol. The third kappa shape index (κ3) is 2.75. The largest absolute Gasteiger partial charge is 0.464 e. The van der Waals surface area contributed by atoms with E-state index in [1.165, 1.54) is 7.11 Å². The fourth-order valence-electron chi connectivity index (χ4n) is 3.94. The molecule has 2 bridgehead atoms. The van der Waals surface area contributed by atoms with E-state index in [1.54, 1.807) is 23.2 Å². The Balaban J connectivity index is 1.49. The van der Waals surface area contributed by atoms with E-state index in [-0.39, 0.29) is 23.7 Å². The number of aromatic amines is 1. The van der Waals surface area contributed by atoms with Crippen molar-refractivity contribution in [1.29, 1.82) is 0 Å². The number of rotatable bonds is 2. The maximum absolute atomic E-state index is 13.2. The first-order chi connectivity index (χ1) is 14.0. The van der Waals surface area contributed by atoms with Gasteiger partial charge in [0.25, 0.3) is 0 Å². The molecule has 0 aromatic carbocycles. The topological polar surface area (TPSA) is 116 Å². The number of nitrogens with zero attached hydrogens (tertiary/aromatic N) is 5. The second-order valence-corrected chi connectivity index (χ2v) is 7.15. The van der Waals surface area contributed by atoms with Crippen LogP contribution in [0.25, 0.3) is 11.0 Å². The van der Waals surface area contributed by atoms with Gasteiger partial charge in [-0.3, -0.25) is 10.2 Å². The molecule has 148 valence electrons. The van der Waals surface area contributed by atoms with Crippen LogP contribution in [-0.4, -0.2) is 58.2 Å². The van der Waals surface area contributed by atoms with Gasteiger partial charge in [0, 0.05) is 30.9 Å². The summed E-state index contributed by atoms with van der Waals surface area (Å²) < 4.78 is 4.77. The normalized spacial score (nSPS) is 17.4. The number of anilines is 3. The van der Waals surface area contributed by atoms with E-state index in [1.807, 2.05) is 13.1 Å². The number of carbonyl (C=O) groups excluding carboxylic acids is 2. The van der Waals surface area contributed by atoms with Gasteiger partial charge >= 0.3 is 12.0 Å². The molecule has 0 aliphatic carbocycles. The van der Waals surface area contributed by atoms with Crippen LogP contribution >= 0.6 is 0 Å². The molecule has 1 saturated heterocycles. The summed E-state index contributed by atoms with van der Waals surface area (Å²) in [5.41, 5.74) is 2.67. The second kappa shape index (κ2) is 6.43. The SMILES string of the molecule is COC(=O)c1ccc2c(n1)N(C(=O)Nc1ncc3c(C)c[nH]c3n1)C1CCN2C1. The molecule has 10 heteroatoms. The number of aromatic nitrogens is 4. The van der Waals surface area contributed by atoms with E-state index < -0.39 is 5.97 Å². The maximum atomic E-state index is 13.2. The molecule has 2 aliphatic rings. The highest BCUT2D eigenvalue weighted by Crippen LogP contribution is 2.39. The quantitative estimate of drug-likeness (QED) is 0.640. The number of carbonyl (C=O) groups is 2. The molecule has 2 aliphatic heterocycles. The average molecular weight is 393 g/mol. The van der Waals surface area contributed by atoms with Gasteiger partial charge in [-0.2, -0.15) is 4.98 Å². The number of ether oxygens (including phenoxy) is 1. The molecule has 0 radical (unpaired) electrons. The van der Waals surface area contributed by atoms with Crippen molar-refractivity contribution in [3.63, 3.8) is 0 Å². The monoisotopic (exact) mass is 393 g/mol. The molecule has 10 nitrogen and oxygen atoms in total. The number of nitrogens with one attached hydrogen (secondary N) is 2. The van der Waals surface area contributed by atoms with Crippen molar-refractivity contribution in [2.75, 3.05) is 35.3 Å². The van der Waals surface area contributed by atoms with E-state index in [0.717, 1.165) is 36.1 Å². The Labute approximate surface area is 165 Å². The molecule has 5 rings (SSSR count). The van der Waals surface area contributed by atoms with Crippen LogP contribution in [0, 0.1) is 6.92 Å². The summed E-state index contributed by atoms with van der Waals surface area (Å²) in [6, 6.07) is 3.00. The Kier molecular flexibility index (Phi) is 3.86. The minimum absolute atomic E-state index is 0.0423. The summed E-state index contributed by atoms with van der Waals surface area (Å²) in [6.45, 7) is 3.50. The summed E-state index contributed by atoms with van der Waals surface area (Å²) in [4.78, 5) is 45.0. The molecule has 3 aromatic rings. The molecule has 29 heavy (non-hydrogen) atoms. The molecular formula is C19H19N7O3. The zero-order valence-electron chi connectivity index (χ0n) is 16.0. The van der Waals surface area contributed by atoms with E-state index in [9.17, 15) is 9.59 Å². The maximum Gasteiger partial charge on any atom is 0.356 e. The summed E-state index contributed by atoms with van der Waals surface area (Å²) in [7, 11) is 1.30. The van der Waals surface area contributed by atoms with Gasteiger partial charge in [-0.1, -0.05) is 0 Å². The highest BCUT2D eigenvalue weighted by atomic mass is 16.5. The number of H-pyrrole nitrogens is 1. The van der Waals surface area contributed by atoms with Crippen molar-refractivity contribution in [2.24, 2.45) is 0 Å². The third-order valence-electron chi connectivity index (χ3n) is 5.42. The van der Waals surface area contributed by atoms with Crippen molar-refractivity contribution < 1.29 is 14.3 Å². The van der Waals surface area contributed by atoms with E-state index in [0.29, 0.717) is 11.5 Å². The minimum Gasteiger partial charge on any atom is -0.464 e. The number of hydrogen-bond donors (Lipinski definition) is 2. The van der Waals surface area contributed by atoms with Crippen molar-refractivity contribution in [1.82, 2.24) is 19.9 Å². The lowest BCUT2D eigenvalue weighted by Crippen LogP contribution is -2.48. The molecule has 5 heterocycles. The van der Waals surface area contributed by atoms with Gasteiger partial charge in [0.05, 0.1) is 18.8 Å². The molecule has 1 fully saturated rings. The van der Waals surface area contributed by atoms with Gasteiger partial charge in [-0.15, -0.1) is 0 Å². The van der Waals surface area contributed by atoms with Gasteiger partial charge in [0.15, 0.2) is 11.5 Å². The van der Waals surface area contributed by atoms with Crippen LogP contribution in [0.3, 0.4) is 0 Å². The fraction of sp³-hybridized carbons (Fsp3) is 0.316. The van der Waals surface area contributed by atoms with Crippen LogP contribution in [0.15, 0.2) is 24.5 Å². The average Bonchev–Trinajstić information content (AvgIpc) is 3.31. The van der Waals surface area contributed by atoms with Gasteiger partial charge in [0.1, 0.15) is 5.65 Å². The zero-order chi connectivity index (χ0) is 20.1. The number of amides is 2. The molecule has 2 N–H and O–H groups in total. The van der Waals surface area contributed by atoms with Crippen molar-refractivity contribution in [3.8, 4) is 0 Å². The summed E-state index contributed by atoms with van der Waals surface area (Å²) in [5, 5.41) is 3.67. The first-order valence-corrected chi connectivity index (χ1v) is 9.30. The number of pyridine rings is 1. The second-order valence-electron chi connectivity index (χ2n) is 7.15.